The molecule has 3 rings (SSSR count). The van der Waals surface area contributed by atoms with Crippen LogP contribution in [0.5, 0.6) is 5.75 Å². The zero-order valence-electron chi connectivity index (χ0n) is 11.8. The molecule has 0 aromatic heterocycles. The van der Waals surface area contributed by atoms with Crippen LogP contribution in [0.2, 0.25) is 0 Å². The Bertz CT molecular complexity index is 648. The Hall–Kier alpha value is -1.87. The third-order valence-electron chi connectivity index (χ3n) is 3.94. The average Bonchev–Trinajstić information content (AvgIpc) is 2.92. The van der Waals surface area contributed by atoms with Gasteiger partial charge in [-0.1, -0.05) is 24.3 Å². The zero-order chi connectivity index (χ0) is 14.1. The average molecular weight is 270 g/mol. The van der Waals surface area contributed by atoms with Gasteiger partial charge in [0.05, 0.1) is 19.8 Å². The smallest absolute Gasteiger partial charge is 0.168 e. The summed E-state index contributed by atoms with van der Waals surface area (Å²) in [5.74, 6) is 0.947. The van der Waals surface area contributed by atoms with E-state index in [0.717, 1.165) is 28.5 Å². The van der Waals surface area contributed by atoms with Gasteiger partial charge in [-0.25, -0.2) is 0 Å². The Morgan fingerprint density at radius 2 is 1.95 bits per heavy atom. The Morgan fingerprint density at radius 3 is 2.60 bits per heavy atom. The number of carbonyl (C=O) groups excluding carboxylic acids is 1. The van der Waals surface area contributed by atoms with E-state index in [4.69, 9.17) is 9.47 Å². The van der Waals surface area contributed by atoms with E-state index in [0.29, 0.717) is 6.61 Å². The molecule has 0 bridgehead atoms. The minimum atomic E-state index is -0.0261. The predicted octanol–water partition coefficient (Wildman–Crippen LogP) is 3.46. The number of hydrogen-bond acceptors (Lipinski definition) is 3. The van der Waals surface area contributed by atoms with Crippen LogP contribution in [0.1, 0.15) is 23.7 Å². The molecule has 1 heterocycles. The quantitative estimate of drug-likeness (QED) is 0.801. The molecular weight excluding hydrogens is 252 g/mol. The molecule has 2 aromatic carbocycles. The van der Waals surface area contributed by atoms with E-state index in [-0.39, 0.29) is 17.8 Å². The highest BCUT2D eigenvalue weighted by Crippen LogP contribution is 2.31. The van der Waals surface area contributed by atoms with E-state index in [1.54, 1.807) is 7.11 Å². The minimum absolute atomic E-state index is 0.0261. The molecule has 0 N–H and O–H groups in total. The maximum Gasteiger partial charge on any atom is 0.168 e. The van der Waals surface area contributed by atoms with Crippen molar-refractivity contribution >= 4 is 16.6 Å². The number of hydrogen-bond donors (Lipinski definition) is 0. The zero-order valence-corrected chi connectivity index (χ0v) is 11.8. The molecule has 1 aliphatic rings. The second-order valence-electron chi connectivity index (χ2n) is 5.30. The van der Waals surface area contributed by atoms with Crippen molar-refractivity contribution in [2.24, 2.45) is 5.92 Å². The fourth-order valence-electron chi connectivity index (χ4n) is 2.88. The summed E-state index contributed by atoms with van der Waals surface area (Å²) in [6.07, 6.45) is 0.979. The highest BCUT2D eigenvalue weighted by Gasteiger charge is 2.29. The summed E-state index contributed by atoms with van der Waals surface area (Å²) < 4.78 is 10.9. The number of carbonyl (C=O) groups is 1. The first-order chi connectivity index (χ1) is 9.70. The van der Waals surface area contributed by atoms with Crippen molar-refractivity contribution in [1.29, 1.82) is 0 Å². The molecule has 2 atom stereocenters. The van der Waals surface area contributed by atoms with Crippen LogP contribution in [0.25, 0.3) is 10.8 Å². The van der Waals surface area contributed by atoms with E-state index in [1.165, 1.54) is 0 Å². The van der Waals surface area contributed by atoms with Gasteiger partial charge in [0.1, 0.15) is 5.75 Å². The van der Waals surface area contributed by atoms with E-state index in [1.807, 2.05) is 43.3 Å². The summed E-state index contributed by atoms with van der Waals surface area (Å²) in [7, 11) is 1.65. The van der Waals surface area contributed by atoms with E-state index in [2.05, 4.69) is 0 Å². The van der Waals surface area contributed by atoms with Crippen molar-refractivity contribution in [3.63, 3.8) is 0 Å². The first-order valence-corrected chi connectivity index (χ1v) is 6.92. The molecule has 1 fully saturated rings. The Labute approximate surface area is 118 Å². The van der Waals surface area contributed by atoms with E-state index >= 15 is 0 Å². The van der Waals surface area contributed by atoms with Crippen molar-refractivity contribution in [1.82, 2.24) is 0 Å². The van der Waals surface area contributed by atoms with Gasteiger partial charge < -0.3 is 9.47 Å². The van der Waals surface area contributed by atoms with Crippen LogP contribution < -0.4 is 4.74 Å². The molecule has 104 valence electrons. The fraction of sp³-hybridized carbons (Fsp3) is 0.353. The highest BCUT2D eigenvalue weighted by atomic mass is 16.5. The van der Waals surface area contributed by atoms with Crippen molar-refractivity contribution in [3.8, 4) is 5.75 Å². The molecule has 0 aliphatic carbocycles. The summed E-state index contributed by atoms with van der Waals surface area (Å²) in [6.45, 7) is 2.54. The number of benzene rings is 2. The number of fused-ring (bicyclic) bond motifs is 1. The number of ketones is 1. The van der Waals surface area contributed by atoms with Crippen LogP contribution in [0, 0.1) is 5.92 Å². The van der Waals surface area contributed by atoms with Gasteiger partial charge in [0.15, 0.2) is 5.78 Å². The maximum atomic E-state index is 12.7. The maximum absolute atomic E-state index is 12.7. The molecule has 0 amide bonds. The second-order valence-corrected chi connectivity index (χ2v) is 5.30. The summed E-state index contributed by atoms with van der Waals surface area (Å²) >= 11 is 0. The summed E-state index contributed by atoms with van der Waals surface area (Å²) in [5, 5.41) is 1.93. The number of rotatable bonds is 3. The van der Waals surface area contributed by atoms with Gasteiger partial charge in [-0.2, -0.15) is 0 Å². The second kappa shape index (κ2) is 5.25. The van der Waals surface area contributed by atoms with Crippen LogP contribution in [0.15, 0.2) is 36.4 Å². The summed E-state index contributed by atoms with van der Waals surface area (Å²) in [4.78, 5) is 12.7. The molecule has 3 nitrogen and oxygen atoms in total. The van der Waals surface area contributed by atoms with Crippen molar-refractivity contribution in [3.05, 3.63) is 42.0 Å². The Morgan fingerprint density at radius 1 is 1.20 bits per heavy atom. The SMILES string of the molecule is COc1ccc(C(=O)C2COC(C)C2)c2ccccc12. The van der Waals surface area contributed by atoms with Crippen LogP contribution in [-0.2, 0) is 4.74 Å². The third-order valence-corrected chi connectivity index (χ3v) is 3.94. The van der Waals surface area contributed by atoms with Gasteiger partial charge in [-0.05, 0) is 30.9 Å². The van der Waals surface area contributed by atoms with Gasteiger partial charge in [-0.15, -0.1) is 0 Å². The van der Waals surface area contributed by atoms with Gasteiger partial charge in [0, 0.05) is 16.9 Å². The summed E-state index contributed by atoms with van der Waals surface area (Å²) in [6, 6.07) is 11.6. The molecular formula is C17H18O3. The number of ether oxygens (including phenoxy) is 2. The first kappa shape index (κ1) is 13.1. The van der Waals surface area contributed by atoms with E-state index < -0.39 is 0 Å². The molecule has 0 spiro atoms. The van der Waals surface area contributed by atoms with Crippen LogP contribution in [0.3, 0.4) is 0 Å². The molecule has 0 saturated carbocycles. The van der Waals surface area contributed by atoms with Gasteiger partial charge in [0.25, 0.3) is 0 Å². The minimum Gasteiger partial charge on any atom is -0.496 e. The molecule has 2 aromatic rings. The van der Waals surface area contributed by atoms with Crippen molar-refractivity contribution in [2.75, 3.05) is 13.7 Å². The lowest BCUT2D eigenvalue weighted by molar-refractivity contribution is 0.0879. The first-order valence-electron chi connectivity index (χ1n) is 6.92. The molecule has 3 heteroatoms. The largest absolute Gasteiger partial charge is 0.496 e. The monoisotopic (exact) mass is 270 g/mol. The third kappa shape index (κ3) is 2.18. The lowest BCUT2D eigenvalue weighted by atomic mass is 9.91. The van der Waals surface area contributed by atoms with Gasteiger partial charge >= 0.3 is 0 Å². The topological polar surface area (TPSA) is 35.5 Å². The predicted molar refractivity (Wildman–Crippen MR) is 78.4 cm³/mol. The molecule has 0 radical (unpaired) electrons. The lowest BCUT2D eigenvalue weighted by Crippen LogP contribution is -2.15. The van der Waals surface area contributed by atoms with E-state index in [9.17, 15) is 4.79 Å². The van der Waals surface area contributed by atoms with Crippen LogP contribution in [0.4, 0.5) is 0 Å². The highest BCUT2D eigenvalue weighted by molar-refractivity contribution is 6.10. The van der Waals surface area contributed by atoms with Crippen molar-refractivity contribution < 1.29 is 14.3 Å². The van der Waals surface area contributed by atoms with Crippen molar-refractivity contribution in [2.45, 2.75) is 19.4 Å². The Balaban J connectivity index is 2.06. The Kier molecular flexibility index (Phi) is 3.45. The van der Waals surface area contributed by atoms with Gasteiger partial charge in [-0.3, -0.25) is 4.79 Å². The molecule has 1 saturated heterocycles. The number of Topliss-reactive ketones (excluding diaryl/α,β-unsaturated/α-hetero) is 1. The standard InChI is InChI=1S/C17H18O3/c1-11-9-12(10-20-11)17(18)15-7-8-16(19-2)14-6-4-3-5-13(14)15/h3-8,11-12H,9-10H2,1-2H3. The lowest BCUT2D eigenvalue weighted by Gasteiger charge is -2.12. The fourth-order valence-corrected chi connectivity index (χ4v) is 2.88. The van der Waals surface area contributed by atoms with Crippen LogP contribution in [-0.4, -0.2) is 25.6 Å². The molecule has 20 heavy (non-hydrogen) atoms. The van der Waals surface area contributed by atoms with Crippen LogP contribution >= 0.6 is 0 Å². The van der Waals surface area contributed by atoms with Gasteiger partial charge in [0.2, 0.25) is 0 Å². The molecule has 1 aliphatic heterocycles. The summed E-state index contributed by atoms with van der Waals surface area (Å²) in [5.41, 5.74) is 0.768. The molecule has 2 unspecified atom stereocenters. The normalized spacial score (nSPS) is 22.1. The number of methoxy groups -OCH3 is 1.